The zero-order valence-corrected chi connectivity index (χ0v) is 18.8. The van der Waals surface area contributed by atoms with E-state index in [2.05, 4.69) is 15.5 Å². The van der Waals surface area contributed by atoms with Gasteiger partial charge in [-0.25, -0.2) is 8.42 Å². The van der Waals surface area contributed by atoms with Gasteiger partial charge in [0.15, 0.2) is 11.5 Å². The largest absolute Gasteiger partial charge is 0.486 e. The average molecular weight is 491 g/mol. The van der Waals surface area contributed by atoms with E-state index in [-0.39, 0.29) is 23.3 Å². The number of amides is 1. The molecule has 1 atom stereocenters. The number of benzene rings is 2. The van der Waals surface area contributed by atoms with Gasteiger partial charge in [-0.2, -0.15) is 4.31 Å². The molecule has 5 rings (SSSR count). The molecule has 1 amide bonds. The highest BCUT2D eigenvalue weighted by molar-refractivity contribution is 7.89. The highest BCUT2D eigenvalue weighted by Gasteiger charge is 2.40. The van der Waals surface area contributed by atoms with Crippen LogP contribution in [-0.2, 0) is 14.8 Å². The molecule has 1 saturated heterocycles. The van der Waals surface area contributed by atoms with Crippen LogP contribution < -0.4 is 14.8 Å². The van der Waals surface area contributed by atoms with Crippen molar-refractivity contribution in [1.82, 2.24) is 14.5 Å². The maximum Gasteiger partial charge on any atom is 0.322 e. The number of ether oxygens (including phenoxy) is 2. The van der Waals surface area contributed by atoms with Crippen LogP contribution in [0.4, 0.5) is 6.01 Å². The number of halogens is 1. The Balaban J connectivity index is 1.33. The Morgan fingerprint density at radius 2 is 1.82 bits per heavy atom. The second-order valence-corrected chi connectivity index (χ2v) is 9.81. The third-order valence-electron chi connectivity index (χ3n) is 5.37. The molecule has 0 spiro atoms. The first-order chi connectivity index (χ1) is 15.9. The summed E-state index contributed by atoms with van der Waals surface area (Å²) in [5.74, 6) is 0.515. The monoisotopic (exact) mass is 490 g/mol. The summed E-state index contributed by atoms with van der Waals surface area (Å²) in [5.41, 5.74) is 0.635. The number of hydrogen-bond acceptors (Lipinski definition) is 8. The van der Waals surface area contributed by atoms with Crippen molar-refractivity contribution in [2.45, 2.75) is 23.8 Å². The fourth-order valence-electron chi connectivity index (χ4n) is 3.78. The average Bonchev–Trinajstić information content (AvgIpc) is 3.50. The van der Waals surface area contributed by atoms with Gasteiger partial charge in [-0.05, 0) is 49.2 Å². The van der Waals surface area contributed by atoms with Crippen molar-refractivity contribution >= 4 is 33.5 Å². The van der Waals surface area contributed by atoms with Crippen molar-refractivity contribution in [1.29, 1.82) is 0 Å². The zero-order chi connectivity index (χ0) is 23.0. The molecule has 1 aromatic heterocycles. The third kappa shape index (κ3) is 4.26. The van der Waals surface area contributed by atoms with Crippen LogP contribution in [0.25, 0.3) is 11.5 Å². The van der Waals surface area contributed by atoms with Crippen molar-refractivity contribution in [2.24, 2.45) is 0 Å². The molecular formula is C21H19ClN4O6S. The lowest BCUT2D eigenvalue weighted by atomic mass is 10.2. The highest BCUT2D eigenvalue weighted by atomic mass is 35.5. The van der Waals surface area contributed by atoms with E-state index >= 15 is 0 Å². The minimum absolute atomic E-state index is 0.0364. The van der Waals surface area contributed by atoms with Crippen LogP contribution in [0, 0.1) is 0 Å². The summed E-state index contributed by atoms with van der Waals surface area (Å²) in [4.78, 5) is 13.0. The number of nitrogens with one attached hydrogen (secondary N) is 1. The molecule has 1 unspecified atom stereocenters. The standard InChI is InChI=1S/C21H19ClN4O6S/c22-14-5-3-13(4-6-14)20-24-25-21(32-20)23-19(27)16-2-1-9-26(16)33(28,29)15-7-8-17-18(12-15)31-11-10-30-17/h3-8,12,16H,1-2,9-11H2,(H,23,25,27). The quantitative estimate of drug-likeness (QED) is 0.579. The van der Waals surface area contributed by atoms with E-state index in [1.807, 2.05) is 0 Å². The Bertz CT molecular complexity index is 1290. The Hall–Kier alpha value is -3.15. The van der Waals surface area contributed by atoms with E-state index < -0.39 is 22.0 Å². The first-order valence-corrected chi connectivity index (χ1v) is 12.1. The van der Waals surface area contributed by atoms with Crippen LogP contribution >= 0.6 is 11.6 Å². The Morgan fingerprint density at radius 1 is 1.06 bits per heavy atom. The first-order valence-electron chi connectivity index (χ1n) is 10.2. The number of hydrogen-bond donors (Lipinski definition) is 1. The molecule has 33 heavy (non-hydrogen) atoms. The number of nitrogens with zero attached hydrogens (tertiary/aromatic N) is 3. The molecule has 0 aliphatic carbocycles. The summed E-state index contributed by atoms with van der Waals surface area (Å²) < 4.78 is 44.2. The number of aromatic nitrogens is 2. The van der Waals surface area contributed by atoms with E-state index in [4.69, 9.17) is 25.5 Å². The smallest absolute Gasteiger partial charge is 0.322 e. The van der Waals surface area contributed by atoms with Gasteiger partial charge in [-0.3, -0.25) is 10.1 Å². The molecule has 10 nitrogen and oxygen atoms in total. The number of carbonyl (C=O) groups excluding carboxylic acids is 1. The van der Waals surface area contributed by atoms with Gasteiger partial charge in [0, 0.05) is 23.2 Å². The molecular weight excluding hydrogens is 472 g/mol. The summed E-state index contributed by atoms with van der Waals surface area (Å²) in [5, 5.41) is 10.9. The van der Waals surface area contributed by atoms with E-state index in [0.29, 0.717) is 48.1 Å². The number of carbonyl (C=O) groups is 1. The predicted octanol–water partition coefficient (Wildman–Crippen LogP) is 2.95. The lowest BCUT2D eigenvalue weighted by Gasteiger charge is -2.24. The molecule has 3 heterocycles. The van der Waals surface area contributed by atoms with Gasteiger partial charge in [0.05, 0.1) is 4.90 Å². The molecule has 12 heteroatoms. The fourth-order valence-corrected chi connectivity index (χ4v) is 5.58. The zero-order valence-electron chi connectivity index (χ0n) is 17.2. The van der Waals surface area contributed by atoms with E-state index in [1.54, 1.807) is 30.3 Å². The SMILES string of the molecule is O=C(Nc1nnc(-c2ccc(Cl)cc2)o1)C1CCCN1S(=O)(=O)c1ccc2c(c1)OCCO2. The maximum atomic E-state index is 13.3. The maximum absolute atomic E-state index is 13.3. The highest BCUT2D eigenvalue weighted by Crippen LogP contribution is 2.35. The number of sulfonamides is 1. The van der Waals surface area contributed by atoms with E-state index in [9.17, 15) is 13.2 Å². The molecule has 1 N–H and O–H groups in total. The Labute approximate surface area is 194 Å². The second kappa shape index (κ2) is 8.65. The number of rotatable bonds is 5. The summed E-state index contributed by atoms with van der Waals surface area (Å²) in [7, 11) is -3.94. The second-order valence-electron chi connectivity index (χ2n) is 7.49. The van der Waals surface area contributed by atoms with Crippen LogP contribution in [0.15, 0.2) is 51.8 Å². The molecule has 2 aromatic carbocycles. The molecule has 0 radical (unpaired) electrons. The number of fused-ring (bicyclic) bond motifs is 1. The molecule has 1 fully saturated rings. The van der Waals surface area contributed by atoms with E-state index in [1.165, 1.54) is 16.4 Å². The van der Waals surface area contributed by atoms with Crippen molar-refractivity contribution in [3.05, 3.63) is 47.5 Å². The minimum Gasteiger partial charge on any atom is -0.486 e. The van der Waals surface area contributed by atoms with E-state index in [0.717, 1.165) is 0 Å². The lowest BCUT2D eigenvalue weighted by Crippen LogP contribution is -2.43. The molecule has 0 bridgehead atoms. The van der Waals surface area contributed by atoms with Crippen molar-refractivity contribution in [3.8, 4) is 23.0 Å². The molecule has 2 aliphatic rings. The van der Waals surface area contributed by atoms with Crippen molar-refractivity contribution < 1.29 is 27.1 Å². The predicted molar refractivity (Wildman–Crippen MR) is 118 cm³/mol. The molecule has 2 aliphatic heterocycles. The Kier molecular flexibility index (Phi) is 5.69. The van der Waals surface area contributed by atoms with Gasteiger partial charge in [-0.1, -0.05) is 16.7 Å². The molecule has 3 aromatic rings. The van der Waals surface area contributed by atoms with Crippen LogP contribution in [0.3, 0.4) is 0 Å². The molecule has 0 saturated carbocycles. The minimum atomic E-state index is -3.94. The Morgan fingerprint density at radius 3 is 2.61 bits per heavy atom. The summed E-state index contributed by atoms with van der Waals surface area (Å²) in [6.07, 6.45) is 0.912. The normalized spacial score (nSPS) is 18.3. The van der Waals surface area contributed by atoms with Crippen LogP contribution in [0.2, 0.25) is 5.02 Å². The number of anilines is 1. The van der Waals surface area contributed by atoms with Gasteiger partial charge in [0.2, 0.25) is 21.8 Å². The van der Waals surface area contributed by atoms with Crippen LogP contribution in [-0.4, -0.2) is 54.6 Å². The van der Waals surface area contributed by atoms with Crippen LogP contribution in [0.1, 0.15) is 12.8 Å². The van der Waals surface area contributed by atoms with Crippen molar-refractivity contribution in [3.63, 3.8) is 0 Å². The first kappa shape index (κ1) is 21.7. The van der Waals surface area contributed by atoms with Gasteiger partial charge in [-0.15, -0.1) is 5.10 Å². The lowest BCUT2D eigenvalue weighted by molar-refractivity contribution is -0.119. The van der Waals surface area contributed by atoms with Gasteiger partial charge < -0.3 is 13.9 Å². The van der Waals surface area contributed by atoms with Gasteiger partial charge >= 0.3 is 6.01 Å². The molecule has 172 valence electrons. The fraction of sp³-hybridized carbons (Fsp3) is 0.286. The summed E-state index contributed by atoms with van der Waals surface area (Å²) in [6.45, 7) is 0.963. The summed E-state index contributed by atoms with van der Waals surface area (Å²) in [6, 6.07) is 10.2. The summed E-state index contributed by atoms with van der Waals surface area (Å²) >= 11 is 5.88. The third-order valence-corrected chi connectivity index (χ3v) is 7.53. The van der Waals surface area contributed by atoms with Gasteiger partial charge in [0.1, 0.15) is 19.3 Å². The van der Waals surface area contributed by atoms with Gasteiger partial charge in [0.25, 0.3) is 0 Å². The topological polar surface area (TPSA) is 124 Å². The van der Waals surface area contributed by atoms with Crippen molar-refractivity contribution in [2.75, 3.05) is 25.1 Å². The van der Waals surface area contributed by atoms with Crippen LogP contribution in [0.5, 0.6) is 11.5 Å².